The van der Waals surface area contributed by atoms with E-state index in [2.05, 4.69) is 6.92 Å². The maximum absolute atomic E-state index is 5.90. The molecule has 0 aromatic heterocycles. The summed E-state index contributed by atoms with van der Waals surface area (Å²) in [4.78, 5) is 0. The molecule has 0 saturated carbocycles. The molecule has 0 radical (unpaired) electrons. The average Bonchev–Trinajstić information content (AvgIpc) is 2.27. The van der Waals surface area contributed by atoms with Gasteiger partial charge in [0.1, 0.15) is 0 Å². The minimum absolute atomic E-state index is 0.342. The van der Waals surface area contributed by atoms with E-state index < -0.39 is 0 Å². The van der Waals surface area contributed by atoms with Crippen LogP contribution >= 0.6 is 0 Å². The van der Waals surface area contributed by atoms with E-state index in [4.69, 9.17) is 11.5 Å². The first-order valence-electron chi connectivity index (χ1n) is 7.27. The summed E-state index contributed by atoms with van der Waals surface area (Å²) in [7, 11) is 0. The number of hydrogen-bond donors (Lipinski definition) is 2. The number of hydrogen-bond acceptors (Lipinski definition) is 2. The van der Waals surface area contributed by atoms with Gasteiger partial charge in [-0.1, -0.05) is 64.7 Å². The molecule has 1 unspecified atom stereocenters. The Morgan fingerprint density at radius 1 is 0.750 bits per heavy atom. The van der Waals surface area contributed by atoms with Crippen LogP contribution in [0.5, 0.6) is 0 Å². The Balaban J connectivity index is 2.98. The normalized spacial score (nSPS) is 12.9. The molecule has 98 valence electrons. The first-order valence-corrected chi connectivity index (χ1v) is 7.27. The predicted octanol–water partition coefficient (Wildman–Crippen LogP) is 3.58. The highest BCUT2D eigenvalue weighted by Gasteiger charge is 2.00. The number of nitrogens with two attached hydrogens (primary N) is 2. The molecule has 0 aliphatic heterocycles. The molecule has 0 aliphatic carbocycles. The molecular weight excluding hydrogens is 196 g/mol. The third-order valence-corrected chi connectivity index (χ3v) is 3.22. The Morgan fingerprint density at radius 2 is 1.25 bits per heavy atom. The molecule has 1 atom stereocenters. The fourth-order valence-corrected chi connectivity index (χ4v) is 2.08. The Hall–Kier alpha value is -0.0800. The van der Waals surface area contributed by atoms with Gasteiger partial charge in [0.05, 0.1) is 0 Å². The molecule has 0 rings (SSSR count). The molecule has 0 saturated heterocycles. The Bertz CT molecular complexity index is 126. The van der Waals surface area contributed by atoms with Crippen molar-refractivity contribution in [2.75, 3.05) is 6.54 Å². The zero-order valence-corrected chi connectivity index (χ0v) is 11.2. The van der Waals surface area contributed by atoms with Gasteiger partial charge in [-0.3, -0.25) is 0 Å². The van der Waals surface area contributed by atoms with Crippen LogP contribution in [0.2, 0.25) is 0 Å². The van der Waals surface area contributed by atoms with Crippen molar-refractivity contribution in [3.8, 4) is 0 Å². The molecule has 2 heteroatoms. The zero-order valence-electron chi connectivity index (χ0n) is 11.2. The van der Waals surface area contributed by atoms with Gasteiger partial charge >= 0.3 is 0 Å². The van der Waals surface area contributed by atoms with Crippen LogP contribution < -0.4 is 11.5 Å². The van der Waals surface area contributed by atoms with Crippen molar-refractivity contribution < 1.29 is 0 Å². The summed E-state index contributed by atoms with van der Waals surface area (Å²) in [5, 5.41) is 0. The lowest BCUT2D eigenvalue weighted by Crippen LogP contribution is -2.23. The van der Waals surface area contributed by atoms with E-state index in [1.54, 1.807) is 0 Å². The molecule has 0 heterocycles. The summed E-state index contributed by atoms with van der Waals surface area (Å²) in [6.07, 6.45) is 14.6. The van der Waals surface area contributed by atoms with Gasteiger partial charge in [-0.2, -0.15) is 0 Å². The van der Waals surface area contributed by atoms with Crippen LogP contribution in [0, 0.1) is 0 Å². The van der Waals surface area contributed by atoms with Crippen LogP contribution in [0.15, 0.2) is 0 Å². The van der Waals surface area contributed by atoms with Crippen LogP contribution in [0.25, 0.3) is 0 Å². The van der Waals surface area contributed by atoms with Crippen LogP contribution in [0.3, 0.4) is 0 Å². The van der Waals surface area contributed by atoms with Gasteiger partial charge in [-0.05, 0) is 19.4 Å². The van der Waals surface area contributed by atoms with Gasteiger partial charge in [0, 0.05) is 6.04 Å². The largest absolute Gasteiger partial charge is 0.330 e. The quantitative estimate of drug-likeness (QED) is 0.502. The van der Waals surface area contributed by atoms with Crippen molar-refractivity contribution in [3.63, 3.8) is 0 Å². The summed E-state index contributed by atoms with van der Waals surface area (Å²) in [5.74, 6) is 0. The highest BCUT2D eigenvalue weighted by atomic mass is 14.6. The monoisotopic (exact) mass is 228 g/mol. The van der Waals surface area contributed by atoms with Gasteiger partial charge in [0.15, 0.2) is 0 Å². The van der Waals surface area contributed by atoms with E-state index in [0.717, 1.165) is 19.4 Å². The molecule has 0 aliphatic rings. The molecular formula is C14H32N2. The molecule has 16 heavy (non-hydrogen) atoms. The second-order valence-corrected chi connectivity index (χ2v) is 4.95. The van der Waals surface area contributed by atoms with Crippen LogP contribution in [-0.4, -0.2) is 12.6 Å². The van der Waals surface area contributed by atoms with Gasteiger partial charge in [0.2, 0.25) is 0 Å². The molecule has 0 spiro atoms. The number of rotatable bonds is 12. The topological polar surface area (TPSA) is 52.0 Å². The van der Waals surface area contributed by atoms with E-state index in [1.165, 1.54) is 57.8 Å². The van der Waals surface area contributed by atoms with Gasteiger partial charge < -0.3 is 11.5 Å². The van der Waals surface area contributed by atoms with Crippen molar-refractivity contribution in [3.05, 3.63) is 0 Å². The maximum atomic E-state index is 5.90. The van der Waals surface area contributed by atoms with Crippen molar-refractivity contribution in [2.45, 2.75) is 83.6 Å². The van der Waals surface area contributed by atoms with Crippen molar-refractivity contribution in [1.29, 1.82) is 0 Å². The van der Waals surface area contributed by atoms with Crippen molar-refractivity contribution >= 4 is 0 Å². The molecule has 0 amide bonds. The zero-order chi connectivity index (χ0) is 12.1. The molecule has 0 aromatic rings. The Morgan fingerprint density at radius 3 is 1.75 bits per heavy atom. The first-order chi connectivity index (χ1) is 7.81. The SMILES string of the molecule is CCCCCCCCCCCC(N)CCN. The highest BCUT2D eigenvalue weighted by molar-refractivity contribution is 4.61. The van der Waals surface area contributed by atoms with Crippen LogP contribution in [-0.2, 0) is 0 Å². The summed E-state index contributed by atoms with van der Waals surface area (Å²) < 4.78 is 0. The van der Waals surface area contributed by atoms with E-state index in [0.29, 0.717) is 6.04 Å². The van der Waals surface area contributed by atoms with E-state index in [9.17, 15) is 0 Å². The third-order valence-electron chi connectivity index (χ3n) is 3.22. The van der Waals surface area contributed by atoms with Crippen LogP contribution in [0.1, 0.15) is 77.6 Å². The number of unbranched alkanes of at least 4 members (excludes halogenated alkanes) is 8. The summed E-state index contributed by atoms with van der Waals surface area (Å²) in [5.41, 5.74) is 11.4. The fourth-order valence-electron chi connectivity index (χ4n) is 2.08. The van der Waals surface area contributed by atoms with Crippen LogP contribution in [0.4, 0.5) is 0 Å². The predicted molar refractivity (Wildman–Crippen MR) is 73.5 cm³/mol. The minimum atomic E-state index is 0.342. The summed E-state index contributed by atoms with van der Waals surface area (Å²) in [6, 6.07) is 0.342. The average molecular weight is 228 g/mol. The minimum Gasteiger partial charge on any atom is -0.330 e. The first kappa shape index (κ1) is 15.9. The lowest BCUT2D eigenvalue weighted by atomic mass is 10.0. The molecule has 0 fully saturated rings. The third kappa shape index (κ3) is 12.0. The Labute approximate surface area is 102 Å². The van der Waals surface area contributed by atoms with Gasteiger partial charge in [0.25, 0.3) is 0 Å². The lowest BCUT2D eigenvalue weighted by Gasteiger charge is -2.09. The van der Waals surface area contributed by atoms with E-state index >= 15 is 0 Å². The van der Waals surface area contributed by atoms with E-state index in [-0.39, 0.29) is 0 Å². The van der Waals surface area contributed by atoms with Gasteiger partial charge in [-0.15, -0.1) is 0 Å². The van der Waals surface area contributed by atoms with Crippen molar-refractivity contribution in [2.24, 2.45) is 11.5 Å². The molecule has 4 N–H and O–H groups in total. The molecule has 0 bridgehead atoms. The van der Waals surface area contributed by atoms with E-state index in [1.807, 2.05) is 0 Å². The molecule has 2 nitrogen and oxygen atoms in total. The van der Waals surface area contributed by atoms with Crippen molar-refractivity contribution in [1.82, 2.24) is 0 Å². The molecule has 0 aromatic carbocycles. The summed E-state index contributed by atoms with van der Waals surface area (Å²) in [6.45, 7) is 3.00. The second kappa shape index (κ2) is 13.0. The maximum Gasteiger partial charge on any atom is 0.00508 e. The lowest BCUT2D eigenvalue weighted by molar-refractivity contribution is 0.509. The second-order valence-electron chi connectivity index (χ2n) is 4.95. The highest BCUT2D eigenvalue weighted by Crippen LogP contribution is 2.11. The Kier molecular flexibility index (Phi) is 12.9. The standard InChI is InChI=1S/C14H32N2/c1-2-3-4-5-6-7-8-9-10-11-14(16)12-13-15/h14H,2-13,15-16H2,1H3. The van der Waals surface area contributed by atoms with Gasteiger partial charge in [-0.25, -0.2) is 0 Å². The summed E-state index contributed by atoms with van der Waals surface area (Å²) >= 11 is 0. The fraction of sp³-hybridized carbons (Fsp3) is 1.00. The smallest absolute Gasteiger partial charge is 0.00508 e.